The zero-order chi connectivity index (χ0) is 21.5. The molecule has 0 aromatic heterocycles. The smallest absolute Gasteiger partial charge is 0.269 e. The van der Waals surface area contributed by atoms with Gasteiger partial charge in [-0.25, -0.2) is 0 Å². The quantitative estimate of drug-likeness (QED) is 0.511. The summed E-state index contributed by atoms with van der Waals surface area (Å²) in [6.45, 7) is 3.86. The lowest BCUT2D eigenvalue weighted by atomic mass is 9.91. The lowest BCUT2D eigenvalue weighted by Crippen LogP contribution is -2.44. The van der Waals surface area contributed by atoms with E-state index in [-0.39, 0.29) is 12.0 Å². The molecule has 0 aliphatic heterocycles. The SMILES string of the molecule is CC(C)Oc1ccc(C(=O)NNC(=O)C(c2ccccc2)c2ccccc2)cc1Br. The lowest BCUT2D eigenvalue weighted by molar-refractivity contribution is -0.122. The summed E-state index contributed by atoms with van der Waals surface area (Å²) in [6, 6.07) is 23.9. The first kappa shape index (κ1) is 21.6. The summed E-state index contributed by atoms with van der Waals surface area (Å²) < 4.78 is 6.33. The van der Waals surface area contributed by atoms with Gasteiger partial charge in [-0.2, -0.15) is 0 Å². The maximum absolute atomic E-state index is 13.0. The zero-order valence-corrected chi connectivity index (χ0v) is 18.3. The molecule has 0 saturated carbocycles. The van der Waals surface area contributed by atoms with Crippen LogP contribution in [-0.2, 0) is 4.79 Å². The molecule has 0 aliphatic rings. The number of nitrogens with one attached hydrogen (secondary N) is 2. The Hall–Kier alpha value is -3.12. The summed E-state index contributed by atoms with van der Waals surface area (Å²) in [5.41, 5.74) is 7.14. The average molecular weight is 467 g/mol. The number of ether oxygens (including phenoxy) is 1. The number of benzene rings is 3. The van der Waals surface area contributed by atoms with Gasteiger partial charge in [-0.3, -0.25) is 20.4 Å². The molecule has 6 heteroatoms. The van der Waals surface area contributed by atoms with Crippen molar-refractivity contribution in [2.75, 3.05) is 0 Å². The van der Waals surface area contributed by atoms with Crippen molar-refractivity contribution >= 4 is 27.7 Å². The van der Waals surface area contributed by atoms with E-state index < -0.39 is 11.8 Å². The molecular formula is C24H23BrN2O3. The van der Waals surface area contributed by atoms with Crippen LogP contribution < -0.4 is 15.6 Å². The molecule has 3 aromatic rings. The first-order valence-corrected chi connectivity index (χ1v) is 10.4. The number of hydrogen-bond donors (Lipinski definition) is 2. The molecule has 0 radical (unpaired) electrons. The van der Waals surface area contributed by atoms with Crippen molar-refractivity contribution in [3.05, 3.63) is 100 Å². The molecule has 0 heterocycles. The summed E-state index contributed by atoms with van der Waals surface area (Å²) in [5.74, 6) is -0.625. The molecule has 0 bridgehead atoms. The minimum absolute atomic E-state index is 0.0215. The van der Waals surface area contributed by atoms with Gasteiger partial charge in [-0.15, -0.1) is 0 Å². The predicted molar refractivity (Wildman–Crippen MR) is 120 cm³/mol. The topological polar surface area (TPSA) is 67.4 Å². The van der Waals surface area contributed by atoms with Crippen molar-refractivity contribution in [3.8, 4) is 5.75 Å². The number of hydrogen-bond acceptors (Lipinski definition) is 3. The maximum atomic E-state index is 13.0. The fourth-order valence-corrected chi connectivity index (χ4v) is 3.51. The number of carbonyl (C=O) groups is 2. The molecule has 2 amide bonds. The van der Waals surface area contributed by atoms with Crippen LogP contribution in [0, 0.1) is 0 Å². The second kappa shape index (κ2) is 10.1. The molecule has 0 fully saturated rings. The van der Waals surface area contributed by atoms with Gasteiger partial charge in [0.2, 0.25) is 5.91 Å². The van der Waals surface area contributed by atoms with Crippen molar-refractivity contribution in [2.45, 2.75) is 25.9 Å². The van der Waals surface area contributed by atoms with Crippen LogP contribution in [-0.4, -0.2) is 17.9 Å². The third-order valence-electron chi connectivity index (χ3n) is 4.38. The number of halogens is 1. The van der Waals surface area contributed by atoms with Crippen LogP contribution in [0.25, 0.3) is 0 Å². The van der Waals surface area contributed by atoms with Crippen LogP contribution in [0.2, 0.25) is 0 Å². The van der Waals surface area contributed by atoms with E-state index in [1.54, 1.807) is 18.2 Å². The van der Waals surface area contributed by atoms with Crippen molar-refractivity contribution in [1.82, 2.24) is 10.9 Å². The molecule has 154 valence electrons. The van der Waals surface area contributed by atoms with Gasteiger partial charge in [0.1, 0.15) is 5.75 Å². The van der Waals surface area contributed by atoms with E-state index in [1.165, 1.54) is 0 Å². The number of amides is 2. The molecular weight excluding hydrogens is 444 g/mol. The van der Waals surface area contributed by atoms with Crippen LogP contribution in [0.15, 0.2) is 83.3 Å². The van der Waals surface area contributed by atoms with E-state index in [4.69, 9.17) is 4.74 Å². The highest BCUT2D eigenvalue weighted by molar-refractivity contribution is 9.10. The molecule has 0 unspecified atom stereocenters. The normalized spacial score (nSPS) is 10.7. The van der Waals surface area contributed by atoms with E-state index in [0.29, 0.717) is 15.8 Å². The fraction of sp³-hybridized carbons (Fsp3) is 0.167. The van der Waals surface area contributed by atoms with Crippen molar-refractivity contribution in [2.24, 2.45) is 0 Å². The van der Waals surface area contributed by atoms with Gasteiger partial charge in [0, 0.05) is 5.56 Å². The van der Waals surface area contributed by atoms with Crippen LogP contribution >= 0.6 is 15.9 Å². The van der Waals surface area contributed by atoms with Crippen LogP contribution in [0.1, 0.15) is 41.3 Å². The Morgan fingerprint density at radius 2 is 1.40 bits per heavy atom. The van der Waals surface area contributed by atoms with E-state index in [0.717, 1.165) is 11.1 Å². The summed E-state index contributed by atoms with van der Waals surface area (Å²) in [6.07, 6.45) is 0.0215. The second-order valence-electron chi connectivity index (χ2n) is 7.01. The zero-order valence-electron chi connectivity index (χ0n) is 16.8. The number of hydrazine groups is 1. The van der Waals surface area contributed by atoms with Gasteiger partial charge in [0.05, 0.1) is 16.5 Å². The Balaban J connectivity index is 1.72. The highest BCUT2D eigenvalue weighted by Gasteiger charge is 2.23. The molecule has 3 aromatic carbocycles. The summed E-state index contributed by atoms with van der Waals surface area (Å²) in [7, 11) is 0. The molecule has 0 aliphatic carbocycles. The minimum Gasteiger partial charge on any atom is -0.490 e. The monoisotopic (exact) mass is 466 g/mol. The fourth-order valence-electron chi connectivity index (χ4n) is 3.04. The third kappa shape index (κ3) is 5.48. The molecule has 30 heavy (non-hydrogen) atoms. The van der Waals surface area contributed by atoms with Gasteiger partial charge >= 0.3 is 0 Å². The summed E-state index contributed by atoms with van der Waals surface area (Å²) in [5, 5.41) is 0. The lowest BCUT2D eigenvalue weighted by Gasteiger charge is -2.18. The second-order valence-corrected chi connectivity index (χ2v) is 7.86. The Kier molecular flexibility index (Phi) is 7.25. The molecule has 0 spiro atoms. The Morgan fingerprint density at radius 3 is 1.90 bits per heavy atom. The predicted octanol–water partition coefficient (Wildman–Crippen LogP) is 4.83. The summed E-state index contributed by atoms with van der Waals surface area (Å²) in [4.78, 5) is 25.5. The molecule has 0 saturated heterocycles. The minimum atomic E-state index is -0.541. The third-order valence-corrected chi connectivity index (χ3v) is 5.00. The number of rotatable bonds is 6. The van der Waals surface area contributed by atoms with E-state index in [2.05, 4.69) is 26.8 Å². The van der Waals surface area contributed by atoms with E-state index in [1.807, 2.05) is 74.5 Å². The van der Waals surface area contributed by atoms with Crippen LogP contribution in [0.4, 0.5) is 0 Å². The van der Waals surface area contributed by atoms with E-state index >= 15 is 0 Å². The maximum Gasteiger partial charge on any atom is 0.269 e. The molecule has 0 atom stereocenters. The average Bonchev–Trinajstić information content (AvgIpc) is 2.75. The van der Waals surface area contributed by atoms with Crippen molar-refractivity contribution in [1.29, 1.82) is 0 Å². The van der Waals surface area contributed by atoms with Crippen LogP contribution in [0.5, 0.6) is 5.75 Å². The highest BCUT2D eigenvalue weighted by Crippen LogP contribution is 2.27. The summed E-state index contributed by atoms with van der Waals surface area (Å²) >= 11 is 3.42. The van der Waals surface area contributed by atoms with Crippen molar-refractivity contribution in [3.63, 3.8) is 0 Å². The van der Waals surface area contributed by atoms with Crippen LogP contribution in [0.3, 0.4) is 0 Å². The standard InChI is InChI=1S/C24H23BrN2O3/c1-16(2)30-21-14-13-19(15-20(21)25)23(28)26-27-24(29)22(17-9-5-3-6-10-17)18-11-7-4-8-12-18/h3-16,22H,1-2H3,(H,26,28)(H,27,29). The van der Waals surface area contributed by atoms with Crippen molar-refractivity contribution < 1.29 is 14.3 Å². The van der Waals surface area contributed by atoms with Gasteiger partial charge in [-0.1, -0.05) is 60.7 Å². The van der Waals surface area contributed by atoms with Gasteiger partial charge in [0.15, 0.2) is 0 Å². The largest absolute Gasteiger partial charge is 0.490 e. The Bertz CT molecular complexity index is 968. The van der Waals surface area contributed by atoms with E-state index in [9.17, 15) is 9.59 Å². The first-order valence-electron chi connectivity index (χ1n) is 9.62. The molecule has 5 nitrogen and oxygen atoms in total. The molecule has 3 rings (SSSR count). The Labute approximate surface area is 184 Å². The molecule has 2 N–H and O–H groups in total. The van der Waals surface area contributed by atoms with Gasteiger partial charge in [0.25, 0.3) is 5.91 Å². The van der Waals surface area contributed by atoms with Gasteiger partial charge in [-0.05, 0) is 59.1 Å². The number of carbonyl (C=O) groups excluding carboxylic acids is 2. The Morgan fingerprint density at radius 1 is 0.833 bits per heavy atom. The highest BCUT2D eigenvalue weighted by atomic mass is 79.9. The van der Waals surface area contributed by atoms with Gasteiger partial charge < -0.3 is 4.74 Å². The first-order chi connectivity index (χ1) is 14.5.